The number of fused-ring (bicyclic) bond motifs is 1. The first-order valence-electron chi connectivity index (χ1n) is 8.11. The summed E-state index contributed by atoms with van der Waals surface area (Å²) in [7, 11) is 1.66. The van der Waals surface area contributed by atoms with Crippen LogP contribution in [0, 0.1) is 6.92 Å². The van der Waals surface area contributed by atoms with Crippen molar-refractivity contribution in [1.82, 2.24) is 4.40 Å². The highest BCUT2D eigenvalue weighted by Gasteiger charge is 2.20. The molecule has 3 heteroatoms. The normalized spacial score (nSPS) is 11.7. The molecule has 24 heavy (non-hydrogen) atoms. The molecule has 3 rings (SSSR count). The highest BCUT2D eigenvalue weighted by molar-refractivity contribution is 5.92. The number of carbonyl (C=O) groups excluding carboxylic acids is 1. The van der Waals surface area contributed by atoms with E-state index in [9.17, 15) is 4.79 Å². The van der Waals surface area contributed by atoms with E-state index in [-0.39, 0.29) is 5.41 Å². The second-order valence-corrected chi connectivity index (χ2v) is 7.17. The van der Waals surface area contributed by atoms with Crippen LogP contribution in [-0.2, 0) is 5.41 Å². The number of aryl methyl sites for hydroxylation is 1. The van der Waals surface area contributed by atoms with Gasteiger partial charge in [0.25, 0.3) is 0 Å². The van der Waals surface area contributed by atoms with Gasteiger partial charge >= 0.3 is 0 Å². The van der Waals surface area contributed by atoms with Crippen LogP contribution >= 0.6 is 0 Å². The van der Waals surface area contributed by atoms with Crippen LogP contribution in [-0.4, -0.2) is 17.8 Å². The van der Waals surface area contributed by atoms with Crippen LogP contribution in [0.3, 0.4) is 0 Å². The smallest absolute Gasteiger partial charge is 0.167 e. The molecular weight excluding hydrogens is 298 g/mol. The van der Waals surface area contributed by atoms with Crippen LogP contribution in [0.15, 0.2) is 42.6 Å². The van der Waals surface area contributed by atoms with E-state index in [4.69, 9.17) is 4.74 Å². The molecule has 0 unspecified atom stereocenters. The van der Waals surface area contributed by atoms with Gasteiger partial charge in [-0.25, -0.2) is 0 Å². The van der Waals surface area contributed by atoms with Crippen molar-refractivity contribution >= 4 is 11.8 Å². The van der Waals surface area contributed by atoms with Crippen molar-refractivity contribution < 1.29 is 9.53 Å². The SMILES string of the molecule is COc1ccc(C(C)(C)C)cc1-c1cc2c(C)cccn2c1C=O. The molecule has 0 saturated carbocycles. The van der Waals surface area contributed by atoms with Crippen LogP contribution < -0.4 is 4.74 Å². The quantitative estimate of drug-likeness (QED) is 0.633. The summed E-state index contributed by atoms with van der Waals surface area (Å²) in [6.45, 7) is 8.59. The van der Waals surface area contributed by atoms with E-state index >= 15 is 0 Å². The van der Waals surface area contributed by atoms with E-state index in [1.807, 2.05) is 22.7 Å². The molecule has 0 aliphatic carbocycles. The molecule has 2 aromatic heterocycles. The zero-order valence-electron chi connectivity index (χ0n) is 14.9. The van der Waals surface area contributed by atoms with Crippen LogP contribution in [0.25, 0.3) is 16.6 Å². The zero-order chi connectivity index (χ0) is 17.5. The standard InChI is InChI=1S/C21H23NO2/c1-14-7-6-10-22-18(14)12-16(19(22)13-23)17-11-15(21(2,3)4)8-9-20(17)24-5/h6-13H,1-5H3. The number of pyridine rings is 1. The molecule has 2 heterocycles. The predicted octanol–water partition coefficient (Wildman–Crippen LogP) is 5.03. The fourth-order valence-corrected chi connectivity index (χ4v) is 3.08. The molecule has 1 aromatic carbocycles. The first kappa shape index (κ1) is 16.3. The van der Waals surface area contributed by atoms with Gasteiger partial charge < -0.3 is 9.14 Å². The summed E-state index contributed by atoms with van der Waals surface area (Å²) < 4.78 is 7.51. The van der Waals surface area contributed by atoms with Gasteiger partial charge in [-0.3, -0.25) is 4.79 Å². The minimum Gasteiger partial charge on any atom is -0.496 e. The third-order valence-corrected chi connectivity index (χ3v) is 4.53. The van der Waals surface area contributed by atoms with E-state index in [0.29, 0.717) is 5.69 Å². The van der Waals surface area contributed by atoms with Gasteiger partial charge in [-0.15, -0.1) is 0 Å². The van der Waals surface area contributed by atoms with Gasteiger partial charge in [0.2, 0.25) is 0 Å². The Labute approximate surface area is 142 Å². The Morgan fingerprint density at radius 3 is 2.46 bits per heavy atom. The maximum Gasteiger partial charge on any atom is 0.167 e. The molecule has 124 valence electrons. The van der Waals surface area contributed by atoms with E-state index in [1.165, 1.54) is 5.56 Å². The summed E-state index contributed by atoms with van der Waals surface area (Å²) in [5.41, 5.74) is 5.92. The lowest BCUT2D eigenvalue weighted by atomic mass is 9.85. The van der Waals surface area contributed by atoms with Gasteiger partial charge in [-0.2, -0.15) is 0 Å². The summed E-state index contributed by atoms with van der Waals surface area (Å²) in [4.78, 5) is 11.8. The average Bonchev–Trinajstić information content (AvgIpc) is 2.93. The van der Waals surface area contributed by atoms with E-state index in [0.717, 1.165) is 34.2 Å². The summed E-state index contributed by atoms with van der Waals surface area (Å²) in [5, 5.41) is 0. The number of hydrogen-bond acceptors (Lipinski definition) is 2. The van der Waals surface area contributed by atoms with Crippen molar-refractivity contribution in [3.05, 3.63) is 59.4 Å². The number of aldehydes is 1. The number of carbonyl (C=O) groups is 1. The summed E-state index contributed by atoms with van der Waals surface area (Å²) >= 11 is 0. The number of nitrogens with zero attached hydrogens (tertiary/aromatic N) is 1. The molecule has 0 bridgehead atoms. The monoisotopic (exact) mass is 321 g/mol. The lowest BCUT2D eigenvalue weighted by Gasteiger charge is -2.21. The van der Waals surface area contributed by atoms with Crippen LogP contribution in [0.1, 0.15) is 42.4 Å². The molecule has 3 aromatic rings. The van der Waals surface area contributed by atoms with Crippen molar-refractivity contribution in [2.75, 3.05) is 7.11 Å². The number of benzene rings is 1. The van der Waals surface area contributed by atoms with Gasteiger partial charge in [-0.1, -0.05) is 32.9 Å². The van der Waals surface area contributed by atoms with Gasteiger partial charge in [-0.05, 0) is 47.7 Å². The van der Waals surface area contributed by atoms with Crippen LogP contribution in [0.5, 0.6) is 5.75 Å². The minimum atomic E-state index is 0.0252. The maximum absolute atomic E-state index is 11.8. The molecule has 0 spiro atoms. The Hall–Kier alpha value is -2.55. The van der Waals surface area contributed by atoms with Gasteiger partial charge in [0.05, 0.1) is 12.8 Å². The lowest BCUT2D eigenvalue weighted by molar-refractivity contribution is 0.111. The third-order valence-electron chi connectivity index (χ3n) is 4.53. The third kappa shape index (κ3) is 2.60. The number of ether oxygens (including phenoxy) is 1. The molecule has 0 radical (unpaired) electrons. The molecule has 0 atom stereocenters. The van der Waals surface area contributed by atoms with Crippen LogP contribution in [0.2, 0.25) is 0 Å². The molecule has 0 saturated heterocycles. The summed E-state index contributed by atoms with van der Waals surface area (Å²) in [6, 6.07) is 12.3. The van der Waals surface area contributed by atoms with Gasteiger partial charge in [0, 0.05) is 22.8 Å². The number of aromatic nitrogens is 1. The van der Waals surface area contributed by atoms with Crippen molar-refractivity contribution in [1.29, 1.82) is 0 Å². The largest absolute Gasteiger partial charge is 0.496 e. The van der Waals surface area contributed by atoms with E-state index < -0.39 is 0 Å². The van der Waals surface area contributed by atoms with Crippen molar-refractivity contribution in [2.24, 2.45) is 0 Å². The molecule has 0 aliphatic rings. The van der Waals surface area contributed by atoms with Crippen LogP contribution in [0.4, 0.5) is 0 Å². The van der Waals surface area contributed by atoms with E-state index in [2.05, 4.69) is 52.0 Å². The van der Waals surface area contributed by atoms with Crippen molar-refractivity contribution in [3.63, 3.8) is 0 Å². The number of hydrogen-bond donors (Lipinski definition) is 0. The van der Waals surface area contributed by atoms with Crippen molar-refractivity contribution in [2.45, 2.75) is 33.1 Å². The maximum atomic E-state index is 11.8. The number of rotatable bonds is 3. The summed E-state index contributed by atoms with van der Waals surface area (Å²) in [5.74, 6) is 0.777. The molecule has 0 aliphatic heterocycles. The average molecular weight is 321 g/mol. The van der Waals surface area contributed by atoms with Gasteiger partial charge in [0.1, 0.15) is 5.75 Å². The minimum absolute atomic E-state index is 0.0252. The highest BCUT2D eigenvalue weighted by Crippen LogP contribution is 2.37. The molecule has 3 nitrogen and oxygen atoms in total. The second kappa shape index (κ2) is 5.82. The lowest BCUT2D eigenvalue weighted by Crippen LogP contribution is -2.11. The Morgan fingerprint density at radius 2 is 1.83 bits per heavy atom. The molecule has 0 amide bonds. The number of methoxy groups -OCH3 is 1. The first-order valence-corrected chi connectivity index (χ1v) is 8.11. The zero-order valence-corrected chi connectivity index (χ0v) is 14.9. The molecule has 0 N–H and O–H groups in total. The summed E-state index contributed by atoms with van der Waals surface area (Å²) in [6.07, 6.45) is 2.85. The Balaban J connectivity index is 2.34. The van der Waals surface area contributed by atoms with Gasteiger partial charge in [0.15, 0.2) is 6.29 Å². The fraction of sp³-hybridized carbons (Fsp3) is 0.286. The first-order chi connectivity index (χ1) is 11.4. The van der Waals surface area contributed by atoms with Crippen molar-refractivity contribution in [3.8, 4) is 16.9 Å². The highest BCUT2D eigenvalue weighted by atomic mass is 16.5. The Morgan fingerprint density at radius 1 is 1.08 bits per heavy atom. The fourth-order valence-electron chi connectivity index (χ4n) is 3.08. The molecular formula is C21H23NO2. The topological polar surface area (TPSA) is 30.7 Å². The van der Waals surface area contributed by atoms with E-state index in [1.54, 1.807) is 7.11 Å². The molecule has 0 fully saturated rings. The Bertz CT molecular complexity index is 913. The second-order valence-electron chi connectivity index (χ2n) is 7.17. The Kier molecular flexibility index (Phi) is 3.96. The predicted molar refractivity (Wildman–Crippen MR) is 98.2 cm³/mol.